The number of rotatable bonds is 4. The Hall–Kier alpha value is -1.88. The van der Waals surface area contributed by atoms with E-state index in [2.05, 4.69) is 31.2 Å². The minimum atomic E-state index is -1.01. The van der Waals surface area contributed by atoms with Gasteiger partial charge in [-0.1, -0.05) is 29.8 Å². The van der Waals surface area contributed by atoms with Crippen molar-refractivity contribution in [1.82, 2.24) is 4.90 Å². The summed E-state index contributed by atoms with van der Waals surface area (Å²) in [5.41, 5.74) is 2.60. The molecule has 4 fully saturated rings. The lowest BCUT2D eigenvalue weighted by Gasteiger charge is -2.49. The van der Waals surface area contributed by atoms with E-state index in [4.69, 9.17) is 0 Å². The van der Waals surface area contributed by atoms with Gasteiger partial charge >= 0.3 is 0 Å². The highest BCUT2D eigenvalue weighted by molar-refractivity contribution is 5.85. The lowest BCUT2D eigenvalue weighted by molar-refractivity contribution is -0.917. The number of carboxylic acid groups (broad SMARTS) is 1. The number of aliphatic carboxylic acids is 1. The zero-order chi connectivity index (χ0) is 19.0. The molecule has 1 amide bonds. The Bertz CT molecular complexity index is 686. The van der Waals surface area contributed by atoms with E-state index in [0.717, 1.165) is 58.4 Å². The van der Waals surface area contributed by atoms with Gasteiger partial charge in [-0.2, -0.15) is 0 Å². The molecule has 146 valence electrons. The van der Waals surface area contributed by atoms with Gasteiger partial charge in [0.15, 0.2) is 0 Å². The molecule has 0 aromatic heterocycles. The van der Waals surface area contributed by atoms with Crippen LogP contribution in [0.15, 0.2) is 24.3 Å². The molecule has 2 bridgehead atoms. The van der Waals surface area contributed by atoms with E-state index in [1.807, 2.05) is 4.90 Å². The van der Waals surface area contributed by atoms with Gasteiger partial charge in [-0.05, 0) is 44.4 Å². The number of carbonyl (C=O) groups is 2. The number of carboxylic acids is 1. The maximum atomic E-state index is 13.2. The normalized spacial score (nSPS) is 31.1. The molecular formula is C22H30N2O3. The van der Waals surface area contributed by atoms with Crippen molar-refractivity contribution in [2.45, 2.75) is 39.2 Å². The zero-order valence-electron chi connectivity index (χ0n) is 16.2. The maximum Gasteiger partial charge on any atom is 0.227 e. The molecule has 1 aromatic carbocycles. The average molecular weight is 370 g/mol. The smallest absolute Gasteiger partial charge is 0.227 e. The Morgan fingerprint density at radius 1 is 1.00 bits per heavy atom. The molecule has 27 heavy (non-hydrogen) atoms. The quantitative estimate of drug-likeness (QED) is 0.813. The van der Waals surface area contributed by atoms with Crippen LogP contribution >= 0.6 is 0 Å². The van der Waals surface area contributed by atoms with Gasteiger partial charge in [0.1, 0.15) is 6.54 Å². The van der Waals surface area contributed by atoms with Crippen LogP contribution in [0.1, 0.15) is 36.8 Å². The molecule has 2 atom stereocenters. The van der Waals surface area contributed by atoms with Crippen molar-refractivity contribution in [2.75, 3.05) is 26.2 Å². The largest absolute Gasteiger partial charge is 0.550 e. The van der Waals surface area contributed by atoms with Gasteiger partial charge in [-0.3, -0.25) is 4.79 Å². The van der Waals surface area contributed by atoms with Gasteiger partial charge in [0.25, 0.3) is 0 Å². The van der Waals surface area contributed by atoms with Crippen molar-refractivity contribution in [3.63, 3.8) is 0 Å². The predicted molar refractivity (Wildman–Crippen MR) is 99.6 cm³/mol. The highest BCUT2D eigenvalue weighted by Crippen LogP contribution is 2.49. The average Bonchev–Trinajstić information content (AvgIpc) is 2.70. The van der Waals surface area contributed by atoms with Crippen LogP contribution in [-0.2, 0) is 16.1 Å². The topological polar surface area (TPSA) is 64.9 Å². The third-order valence-electron chi connectivity index (χ3n) is 7.13. The van der Waals surface area contributed by atoms with E-state index < -0.39 is 11.9 Å². The number of carbonyl (C=O) groups excluding carboxylic acids is 2. The third kappa shape index (κ3) is 3.75. The zero-order valence-corrected chi connectivity index (χ0v) is 16.2. The van der Waals surface area contributed by atoms with Gasteiger partial charge in [-0.15, -0.1) is 0 Å². The number of hydrogen-bond acceptors (Lipinski definition) is 3. The molecule has 1 aliphatic heterocycles. The third-order valence-corrected chi connectivity index (χ3v) is 7.13. The molecule has 0 spiro atoms. The highest BCUT2D eigenvalue weighted by Gasteiger charge is 2.49. The summed E-state index contributed by atoms with van der Waals surface area (Å²) in [6.07, 6.45) is 3.90. The van der Waals surface area contributed by atoms with Crippen LogP contribution in [-0.4, -0.2) is 43.0 Å². The molecule has 1 saturated heterocycles. The number of nitrogens with zero attached hydrogens (tertiary/aromatic N) is 1. The Morgan fingerprint density at radius 2 is 1.56 bits per heavy atom. The molecule has 3 aliphatic carbocycles. The minimum absolute atomic E-state index is 0.0768. The summed E-state index contributed by atoms with van der Waals surface area (Å²) < 4.78 is 0. The van der Waals surface area contributed by atoms with Crippen LogP contribution < -0.4 is 10.0 Å². The van der Waals surface area contributed by atoms with E-state index in [9.17, 15) is 14.7 Å². The number of aryl methyl sites for hydroxylation is 1. The Balaban J connectivity index is 1.36. The molecule has 5 heteroatoms. The van der Waals surface area contributed by atoms with Gasteiger partial charge in [-0.25, -0.2) is 0 Å². The lowest BCUT2D eigenvalue weighted by Crippen LogP contribution is -3.13. The summed E-state index contributed by atoms with van der Waals surface area (Å²) in [6.45, 7) is 6.39. The number of benzene rings is 1. The van der Waals surface area contributed by atoms with E-state index in [1.165, 1.54) is 16.0 Å². The van der Waals surface area contributed by atoms with E-state index in [-0.39, 0.29) is 23.7 Å². The summed E-state index contributed by atoms with van der Waals surface area (Å²) >= 11 is 0. The van der Waals surface area contributed by atoms with Gasteiger partial charge in [0, 0.05) is 23.4 Å². The number of piperazine rings is 1. The summed E-state index contributed by atoms with van der Waals surface area (Å²) in [5.74, 6) is -1.46. The molecule has 1 N–H and O–H groups in total. The summed E-state index contributed by atoms with van der Waals surface area (Å²) in [4.78, 5) is 28.3. The fourth-order valence-electron chi connectivity index (χ4n) is 5.57. The number of nitrogens with one attached hydrogen (secondary N) is 1. The van der Waals surface area contributed by atoms with E-state index >= 15 is 0 Å². The fourth-order valence-corrected chi connectivity index (χ4v) is 5.57. The van der Waals surface area contributed by atoms with Crippen molar-refractivity contribution in [3.05, 3.63) is 35.4 Å². The molecular weight excluding hydrogens is 340 g/mol. The van der Waals surface area contributed by atoms with Crippen molar-refractivity contribution < 1.29 is 19.6 Å². The highest BCUT2D eigenvalue weighted by atomic mass is 16.4. The minimum Gasteiger partial charge on any atom is -0.550 e. The first-order valence-corrected chi connectivity index (χ1v) is 10.4. The first-order valence-electron chi connectivity index (χ1n) is 10.4. The monoisotopic (exact) mass is 370 g/mol. The molecule has 1 aromatic rings. The Kier molecular flexibility index (Phi) is 5.22. The second-order valence-electron chi connectivity index (χ2n) is 8.78. The second-order valence-corrected chi connectivity index (χ2v) is 8.78. The van der Waals surface area contributed by atoms with Crippen molar-refractivity contribution in [3.8, 4) is 0 Å². The van der Waals surface area contributed by atoms with Crippen molar-refractivity contribution >= 4 is 11.9 Å². The molecule has 0 radical (unpaired) electrons. The Morgan fingerprint density at radius 3 is 2.11 bits per heavy atom. The van der Waals surface area contributed by atoms with Crippen LogP contribution in [0, 0.1) is 30.6 Å². The standard InChI is InChI=1S/C22H30N2O3/c1-15-2-4-16(5-3-15)14-23-10-12-24(13-11-23)21(25)19-17-6-8-18(9-7-17)20(19)22(26)27/h2-5,17-20H,6-14H2,1H3,(H,26,27)/t17?,18?,19-,20+/m1/s1. The van der Waals surface area contributed by atoms with Crippen molar-refractivity contribution in [1.29, 1.82) is 0 Å². The van der Waals surface area contributed by atoms with Gasteiger partial charge in [0.05, 0.1) is 26.2 Å². The van der Waals surface area contributed by atoms with Crippen molar-refractivity contribution in [2.24, 2.45) is 23.7 Å². The molecule has 5 nitrogen and oxygen atoms in total. The maximum absolute atomic E-state index is 13.2. The molecule has 5 rings (SSSR count). The number of quaternary nitrogens is 1. The first kappa shape index (κ1) is 18.5. The predicted octanol–water partition coefficient (Wildman–Crippen LogP) is 0.0244. The number of amides is 1. The van der Waals surface area contributed by atoms with Crippen LogP contribution in [0.4, 0.5) is 0 Å². The summed E-state index contributed by atoms with van der Waals surface area (Å²) in [6, 6.07) is 8.66. The van der Waals surface area contributed by atoms with Gasteiger partial charge in [0.2, 0.25) is 5.91 Å². The second kappa shape index (κ2) is 7.63. The summed E-state index contributed by atoms with van der Waals surface area (Å²) in [7, 11) is 0. The van der Waals surface area contributed by atoms with Crippen LogP contribution in [0.3, 0.4) is 0 Å². The number of hydrogen-bond donors (Lipinski definition) is 1. The molecule has 0 unspecified atom stereocenters. The SMILES string of the molecule is Cc1ccc(C[NH+]2CCN(C(=O)[C@@H]3C4CCC(CC4)[C@@H]3C(=O)[O-])CC2)cc1. The van der Waals surface area contributed by atoms with Crippen LogP contribution in [0.5, 0.6) is 0 Å². The number of fused-ring (bicyclic) bond motifs is 3. The molecule has 4 aliphatic rings. The van der Waals surface area contributed by atoms with Crippen LogP contribution in [0.25, 0.3) is 0 Å². The van der Waals surface area contributed by atoms with E-state index in [0.29, 0.717) is 0 Å². The fraction of sp³-hybridized carbons (Fsp3) is 0.636. The molecule has 1 heterocycles. The van der Waals surface area contributed by atoms with Gasteiger partial charge < -0.3 is 19.7 Å². The van der Waals surface area contributed by atoms with Crippen LogP contribution in [0.2, 0.25) is 0 Å². The van der Waals surface area contributed by atoms with E-state index in [1.54, 1.807) is 0 Å². The summed E-state index contributed by atoms with van der Waals surface area (Å²) in [5, 5.41) is 11.7. The lowest BCUT2D eigenvalue weighted by atomic mass is 9.58. The first-order chi connectivity index (χ1) is 13.0. The molecule has 3 saturated carbocycles. The Labute approximate surface area is 161 Å².